The van der Waals surface area contributed by atoms with Crippen molar-refractivity contribution in [2.45, 2.75) is 49.8 Å². The SMILES string of the molecule is Cl.O=C(O)CCOc1c(F)cc(F)cc1C1=CCC(OC[C@@H]2NCC[C@@]23COCC(=O)N3)CC1. The van der Waals surface area contributed by atoms with Crippen LogP contribution in [0.1, 0.15) is 37.7 Å². The predicted molar refractivity (Wildman–Crippen MR) is 121 cm³/mol. The number of carboxylic acid groups (broad SMARTS) is 1. The Bertz CT molecular complexity index is 946. The minimum atomic E-state index is -1.06. The molecule has 2 fully saturated rings. The highest BCUT2D eigenvalue weighted by Gasteiger charge is 2.46. The third-order valence-electron chi connectivity index (χ3n) is 6.39. The number of nitrogens with one attached hydrogen (secondary N) is 2. The molecule has 188 valence electrons. The zero-order chi connectivity index (χ0) is 23.4. The Hall–Kier alpha value is -2.27. The number of amides is 1. The maximum atomic E-state index is 14.4. The quantitative estimate of drug-likeness (QED) is 0.501. The molecule has 4 rings (SSSR count). The van der Waals surface area contributed by atoms with Crippen molar-refractivity contribution in [1.82, 2.24) is 10.6 Å². The molecule has 1 aromatic carbocycles. The van der Waals surface area contributed by atoms with E-state index in [-0.39, 0.29) is 55.8 Å². The lowest BCUT2D eigenvalue weighted by Crippen LogP contribution is -2.64. The number of aliphatic carboxylic acids is 1. The minimum Gasteiger partial charge on any atom is -0.489 e. The molecular formula is C23H29ClF2N2O6. The molecule has 1 amide bonds. The molecule has 0 radical (unpaired) electrons. The van der Waals surface area contributed by atoms with Crippen LogP contribution in [0.3, 0.4) is 0 Å². The third-order valence-corrected chi connectivity index (χ3v) is 6.39. The van der Waals surface area contributed by atoms with Gasteiger partial charge in [0.05, 0.1) is 43.9 Å². The van der Waals surface area contributed by atoms with Crippen LogP contribution < -0.4 is 15.4 Å². The number of carbonyl (C=O) groups is 2. The average molecular weight is 503 g/mol. The molecule has 1 aromatic rings. The molecule has 11 heteroatoms. The van der Waals surface area contributed by atoms with E-state index in [0.29, 0.717) is 38.0 Å². The van der Waals surface area contributed by atoms with Gasteiger partial charge in [0, 0.05) is 11.6 Å². The van der Waals surface area contributed by atoms with Gasteiger partial charge in [-0.2, -0.15) is 0 Å². The van der Waals surface area contributed by atoms with Crippen molar-refractivity contribution in [1.29, 1.82) is 0 Å². The standard InChI is InChI=1S/C23H28F2N2O6.ClH/c24-15-9-17(22(18(25)10-15)32-8-5-21(29)30)14-1-3-16(4-2-14)33-11-19-23(6-7-26-19)13-31-12-20(28)27-23;/h1,9-10,16,19,26H,2-8,11-13H2,(H,27,28)(H,29,30);1H/t16?,19-,23+;/m0./s1. The zero-order valence-corrected chi connectivity index (χ0v) is 19.4. The molecule has 2 heterocycles. The molecule has 3 aliphatic rings. The Morgan fingerprint density at radius 2 is 2.15 bits per heavy atom. The summed E-state index contributed by atoms with van der Waals surface area (Å²) in [5, 5.41) is 15.2. The summed E-state index contributed by atoms with van der Waals surface area (Å²) >= 11 is 0. The molecule has 0 saturated carbocycles. The van der Waals surface area contributed by atoms with E-state index in [1.807, 2.05) is 6.08 Å². The summed E-state index contributed by atoms with van der Waals surface area (Å²) in [6.07, 6.45) is 4.06. The number of allylic oxidation sites excluding steroid dienone is 1. The third kappa shape index (κ3) is 6.04. The number of hydrogen-bond donors (Lipinski definition) is 3. The largest absolute Gasteiger partial charge is 0.489 e. The number of ether oxygens (including phenoxy) is 3. The van der Waals surface area contributed by atoms with E-state index in [4.69, 9.17) is 19.3 Å². The van der Waals surface area contributed by atoms with Gasteiger partial charge in [0.25, 0.3) is 0 Å². The van der Waals surface area contributed by atoms with Crippen LogP contribution >= 0.6 is 12.4 Å². The fourth-order valence-corrected chi connectivity index (χ4v) is 4.68. The second-order valence-electron chi connectivity index (χ2n) is 8.67. The van der Waals surface area contributed by atoms with Gasteiger partial charge in [-0.25, -0.2) is 8.78 Å². The first-order valence-electron chi connectivity index (χ1n) is 11.1. The first-order chi connectivity index (χ1) is 15.9. The Balaban J connectivity index is 0.00000324. The topological polar surface area (TPSA) is 106 Å². The first kappa shape index (κ1) is 26.3. The van der Waals surface area contributed by atoms with Crippen LogP contribution in [0.15, 0.2) is 18.2 Å². The van der Waals surface area contributed by atoms with Crippen molar-refractivity contribution in [3.05, 3.63) is 35.4 Å². The number of halogens is 3. The molecule has 34 heavy (non-hydrogen) atoms. The van der Waals surface area contributed by atoms with Gasteiger partial charge in [0.15, 0.2) is 11.6 Å². The molecule has 3 N–H and O–H groups in total. The Morgan fingerprint density at radius 1 is 1.32 bits per heavy atom. The van der Waals surface area contributed by atoms with Crippen LogP contribution in [0.5, 0.6) is 5.75 Å². The van der Waals surface area contributed by atoms with Gasteiger partial charge in [0.1, 0.15) is 12.4 Å². The fraction of sp³-hybridized carbons (Fsp3) is 0.565. The lowest BCUT2D eigenvalue weighted by Gasteiger charge is -2.39. The number of rotatable bonds is 8. The summed E-state index contributed by atoms with van der Waals surface area (Å²) in [5.41, 5.74) is 0.587. The molecule has 1 aliphatic carbocycles. The zero-order valence-electron chi connectivity index (χ0n) is 18.6. The normalized spacial score (nSPS) is 26.5. The number of carbonyl (C=O) groups excluding carboxylic acids is 1. The molecule has 1 unspecified atom stereocenters. The highest BCUT2D eigenvalue weighted by molar-refractivity contribution is 5.85. The summed E-state index contributed by atoms with van der Waals surface area (Å²) < 4.78 is 45.2. The van der Waals surface area contributed by atoms with Crippen molar-refractivity contribution in [2.75, 3.05) is 33.0 Å². The second-order valence-corrected chi connectivity index (χ2v) is 8.67. The monoisotopic (exact) mass is 502 g/mol. The van der Waals surface area contributed by atoms with Gasteiger partial charge < -0.3 is 30.0 Å². The van der Waals surface area contributed by atoms with Crippen LogP contribution in [-0.4, -0.2) is 67.6 Å². The smallest absolute Gasteiger partial charge is 0.306 e. The van der Waals surface area contributed by atoms with E-state index in [2.05, 4.69) is 10.6 Å². The van der Waals surface area contributed by atoms with E-state index in [1.165, 1.54) is 6.07 Å². The van der Waals surface area contributed by atoms with E-state index < -0.39 is 23.1 Å². The summed E-state index contributed by atoms with van der Waals surface area (Å²) in [6.45, 7) is 1.50. The Morgan fingerprint density at radius 3 is 2.85 bits per heavy atom. The first-order valence-corrected chi connectivity index (χ1v) is 11.1. The molecule has 0 bridgehead atoms. The van der Waals surface area contributed by atoms with Crippen LogP contribution in [0.4, 0.5) is 8.78 Å². The van der Waals surface area contributed by atoms with Gasteiger partial charge in [-0.05, 0) is 43.9 Å². The molecule has 8 nitrogen and oxygen atoms in total. The van der Waals surface area contributed by atoms with Gasteiger partial charge in [-0.1, -0.05) is 6.08 Å². The number of hydrogen-bond acceptors (Lipinski definition) is 6. The van der Waals surface area contributed by atoms with Crippen molar-refractivity contribution in [2.24, 2.45) is 0 Å². The van der Waals surface area contributed by atoms with Crippen LogP contribution in [0.2, 0.25) is 0 Å². The van der Waals surface area contributed by atoms with Gasteiger partial charge in [-0.15, -0.1) is 12.4 Å². The number of morpholine rings is 1. The number of benzene rings is 1. The van der Waals surface area contributed by atoms with E-state index in [1.54, 1.807) is 0 Å². The highest BCUT2D eigenvalue weighted by atomic mass is 35.5. The average Bonchev–Trinajstić information content (AvgIpc) is 3.14. The van der Waals surface area contributed by atoms with Crippen LogP contribution in [-0.2, 0) is 19.1 Å². The predicted octanol–water partition coefficient (Wildman–Crippen LogP) is 2.44. The molecule has 2 saturated heterocycles. The Kier molecular flexibility index (Phi) is 8.86. The van der Waals surface area contributed by atoms with Crippen molar-refractivity contribution in [3.63, 3.8) is 0 Å². The van der Waals surface area contributed by atoms with Crippen LogP contribution in [0.25, 0.3) is 5.57 Å². The fourth-order valence-electron chi connectivity index (χ4n) is 4.68. The van der Waals surface area contributed by atoms with E-state index >= 15 is 0 Å². The van der Waals surface area contributed by atoms with Crippen molar-refractivity contribution >= 4 is 29.9 Å². The summed E-state index contributed by atoms with van der Waals surface area (Å²) in [6, 6.07) is 1.88. The number of carboxylic acids is 1. The summed E-state index contributed by atoms with van der Waals surface area (Å²) in [5.74, 6) is -2.89. The molecule has 1 spiro atoms. The van der Waals surface area contributed by atoms with Gasteiger partial charge >= 0.3 is 5.97 Å². The maximum Gasteiger partial charge on any atom is 0.306 e. The minimum absolute atomic E-state index is 0. The van der Waals surface area contributed by atoms with Gasteiger partial charge in [-0.3, -0.25) is 9.59 Å². The highest BCUT2D eigenvalue weighted by Crippen LogP contribution is 2.36. The second kappa shape index (κ2) is 11.4. The molecular weight excluding hydrogens is 474 g/mol. The van der Waals surface area contributed by atoms with E-state index in [9.17, 15) is 18.4 Å². The molecule has 2 aliphatic heterocycles. The summed E-state index contributed by atoms with van der Waals surface area (Å²) in [4.78, 5) is 22.5. The molecule has 3 atom stereocenters. The summed E-state index contributed by atoms with van der Waals surface area (Å²) in [7, 11) is 0. The van der Waals surface area contributed by atoms with Crippen LogP contribution in [0, 0.1) is 11.6 Å². The van der Waals surface area contributed by atoms with Crippen molar-refractivity contribution in [3.8, 4) is 5.75 Å². The molecule has 0 aromatic heterocycles. The lowest BCUT2D eigenvalue weighted by molar-refractivity contribution is -0.138. The van der Waals surface area contributed by atoms with Crippen molar-refractivity contribution < 1.29 is 37.7 Å². The Labute approximate surface area is 202 Å². The lowest BCUT2D eigenvalue weighted by atomic mass is 9.89. The maximum absolute atomic E-state index is 14.4. The van der Waals surface area contributed by atoms with E-state index in [0.717, 1.165) is 24.6 Å². The van der Waals surface area contributed by atoms with Gasteiger partial charge in [0.2, 0.25) is 5.91 Å².